The highest BCUT2D eigenvalue weighted by atomic mass is 19.1. The van der Waals surface area contributed by atoms with Crippen LogP contribution >= 0.6 is 0 Å². The van der Waals surface area contributed by atoms with Crippen LogP contribution in [0.5, 0.6) is 0 Å². The van der Waals surface area contributed by atoms with Crippen molar-refractivity contribution in [1.29, 1.82) is 0 Å². The summed E-state index contributed by atoms with van der Waals surface area (Å²) in [5, 5.41) is 3.50. The molecule has 154 valence electrons. The maximum atomic E-state index is 14.5. The van der Waals surface area contributed by atoms with Crippen LogP contribution in [0, 0.1) is 5.82 Å². The smallest absolute Gasteiger partial charge is 0.223 e. The lowest BCUT2D eigenvalue weighted by Gasteiger charge is -2.43. The summed E-state index contributed by atoms with van der Waals surface area (Å²) in [5.41, 5.74) is 2.20. The van der Waals surface area contributed by atoms with Crippen molar-refractivity contribution in [3.05, 3.63) is 54.1 Å². The molecule has 1 N–H and O–H groups in total. The maximum absolute atomic E-state index is 14.5. The molecule has 0 amide bonds. The van der Waals surface area contributed by atoms with Gasteiger partial charge < -0.3 is 19.7 Å². The predicted molar refractivity (Wildman–Crippen MR) is 111 cm³/mol. The van der Waals surface area contributed by atoms with Crippen molar-refractivity contribution in [3.8, 4) is 0 Å². The van der Waals surface area contributed by atoms with Crippen molar-refractivity contribution in [2.45, 2.75) is 31.7 Å². The summed E-state index contributed by atoms with van der Waals surface area (Å²) in [7, 11) is 0. The van der Waals surface area contributed by atoms with Gasteiger partial charge in [0.05, 0.1) is 36.6 Å². The maximum Gasteiger partial charge on any atom is 0.223 e. The SMILES string of the molecule is C=C(OCC)c1cnc(NC2(c3ccc(F)c(N4CCOCC4)c3)CCC2)nc1. The van der Waals surface area contributed by atoms with E-state index in [2.05, 4.69) is 26.8 Å². The van der Waals surface area contributed by atoms with Crippen molar-refractivity contribution >= 4 is 17.4 Å². The van der Waals surface area contributed by atoms with Gasteiger partial charge in [-0.1, -0.05) is 12.6 Å². The Labute approximate surface area is 170 Å². The van der Waals surface area contributed by atoms with Gasteiger partial charge in [0.15, 0.2) is 0 Å². The van der Waals surface area contributed by atoms with Crippen LogP contribution in [0.15, 0.2) is 37.2 Å². The molecule has 1 saturated heterocycles. The van der Waals surface area contributed by atoms with E-state index in [-0.39, 0.29) is 11.4 Å². The zero-order valence-corrected chi connectivity index (χ0v) is 16.8. The van der Waals surface area contributed by atoms with Crippen molar-refractivity contribution in [3.63, 3.8) is 0 Å². The van der Waals surface area contributed by atoms with E-state index in [4.69, 9.17) is 9.47 Å². The number of morpholine rings is 1. The summed E-state index contributed by atoms with van der Waals surface area (Å²) in [5.74, 6) is 0.918. The van der Waals surface area contributed by atoms with E-state index in [0.29, 0.717) is 50.3 Å². The lowest BCUT2D eigenvalue weighted by atomic mass is 9.71. The second kappa shape index (κ2) is 8.37. The molecule has 0 bridgehead atoms. The van der Waals surface area contributed by atoms with E-state index in [1.807, 2.05) is 19.1 Å². The number of ether oxygens (including phenoxy) is 2. The Kier molecular flexibility index (Phi) is 5.67. The minimum atomic E-state index is -0.271. The lowest BCUT2D eigenvalue weighted by molar-refractivity contribution is 0.122. The average molecular weight is 398 g/mol. The van der Waals surface area contributed by atoms with Gasteiger partial charge in [-0.25, -0.2) is 14.4 Å². The fraction of sp³-hybridized carbons (Fsp3) is 0.455. The first-order valence-electron chi connectivity index (χ1n) is 10.2. The molecule has 6 nitrogen and oxygen atoms in total. The molecule has 1 aliphatic carbocycles. The van der Waals surface area contributed by atoms with Gasteiger partial charge in [-0.3, -0.25) is 0 Å². The van der Waals surface area contributed by atoms with Crippen molar-refractivity contribution in [2.24, 2.45) is 0 Å². The molecule has 1 aromatic heterocycles. The Bertz CT molecular complexity index is 862. The first-order valence-corrected chi connectivity index (χ1v) is 10.2. The van der Waals surface area contributed by atoms with E-state index in [1.165, 1.54) is 0 Å². The van der Waals surface area contributed by atoms with Crippen LogP contribution in [0.1, 0.15) is 37.3 Å². The molecule has 2 aromatic rings. The van der Waals surface area contributed by atoms with E-state index >= 15 is 0 Å². The normalized spacial score (nSPS) is 18.1. The second-order valence-electron chi connectivity index (χ2n) is 7.48. The van der Waals surface area contributed by atoms with Gasteiger partial charge in [-0.15, -0.1) is 0 Å². The van der Waals surface area contributed by atoms with Crippen LogP contribution in [0.25, 0.3) is 5.76 Å². The second-order valence-corrected chi connectivity index (χ2v) is 7.48. The van der Waals surface area contributed by atoms with Crippen LogP contribution in [-0.4, -0.2) is 42.9 Å². The van der Waals surface area contributed by atoms with E-state index in [9.17, 15) is 4.39 Å². The minimum absolute atomic E-state index is 0.194. The van der Waals surface area contributed by atoms with E-state index in [0.717, 1.165) is 30.4 Å². The molecule has 7 heteroatoms. The summed E-state index contributed by atoms with van der Waals surface area (Å²) in [4.78, 5) is 10.9. The molecule has 2 fully saturated rings. The molecular formula is C22H27FN4O2. The fourth-order valence-corrected chi connectivity index (χ4v) is 3.88. The summed E-state index contributed by atoms with van der Waals surface area (Å²) in [6, 6.07) is 5.41. The molecule has 29 heavy (non-hydrogen) atoms. The molecule has 0 radical (unpaired) electrons. The molecular weight excluding hydrogens is 371 g/mol. The number of hydrogen-bond donors (Lipinski definition) is 1. The molecule has 2 aliphatic rings. The summed E-state index contributed by atoms with van der Waals surface area (Å²) in [6.07, 6.45) is 6.44. The zero-order chi connectivity index (χ0) is 20.3. The molecule has 1 saturated carbocycles. The third kappa shape index (κ3) is 4.05. The van der Waals surface area contributed by atoms with Gasteiger partial charge in [0.25, 0.3) is 0 Å². The lowest BCUT2D eigenvalue weighted by Crippen LogP contribution is -2.43. The number of aromatic nitrogens is 2. The van der Waals surface area contributed by atoms with Gasteiger partial charge in [-0.2, -0.15) is 0 Å². The third-order valence-electron chi connectivity index (χ3n) is 5.70. The average Bonchev–Trinajstić information content (AvgIpc) is 2.72. The Morgan fingerprint density at radius 1 is 1.28 bits per heavy atom. The number of anilines is 2. The Morgan fingerprint density at radius 2 is 2.00 bits per heavy atom. The number of benzene rings is 1. The van der Waals surface area contributed by atoms with Crippen LogP contribution in [0.3, 0.4) is 0 Å². The zero-order valence-electron chi connectivity index (χ0n) is 16.8. The Morgan fingerprint density at radius 3 is 2.62 bits per heavy atom. The Balaban J connectivity index is 1.55. The number of hydrogen-bond acceptors (Lipinski definition) is 6. The Hall–Kier alpha value is -2.67. The monoisotopic (exact) mass is 398 g/mol. The summed E-state index contributed by atoms with van der Waals surface area (Å²) < 4.78 is 25.3. The van der Waals surface area contributed by atoms with Gasteiger partial charge in [0.2, 0.25) is 5.95 Å². The third-order valence-corrected chi connectivity index (χ3v) is 5.70. The van der Waals surface area contributed by atoms with Crippen LogP contribution < -0.4 is 10.2 Å². The first-order chi connectivity index (χ1) is 14.1. The summed E-state index contributed by atoms with van der Waals surface area (Å²) >= 11 is 0. The number of rotatable bonds is 7. The van der Waals surface area contributed by atoms with Crippen molar-refractivity contribution in [1.82, 2.24) is 9.97 Å². The highest BCUT2D eigenvalue weighted by Crippen LogP contribution is 2.44. The van der Waals surface area contributed by atoms with Crippen LogP contribution in [0.2, 0.25) is 0 Å². The number of halogens is 1. The number of nitrogens with one attached hydrogen (secondary N) is 1. The highest BCUT2D eigenvalue weighted by Gasteiger charge is 2.40. The summed E-state index contributed by atoms with van der Waals surface area (Å²) in [6.45, 7) is 9.01. The van der Waals surface area contributed by atoms with Gasteiger partial charge >= 0.3 is 0 Å². The first kappa shape index (κ1) is 19.6. The highest BCUT2D eigenvalue weighted by molar-refractivity contribution is 5.57. The van der Waals surface area contributed by atoms with E-state index in [1.54, 1.807) is 18.5 Å². The molecule has 2 heterocycles. The quantitative estimate of drug-likeness (QED) is 0.713. The molecule has 4 rings (SSSR count). The van der Waals surface area contributed by atoms with Crippen molar-refractivity contribution < 1.29 is 13.9 Å². The van der Waals surface area contributed by atoms with Gasteiger partial charge in [0.1, 0.15) is 11.6 Å². The fourth-order valence-electron chi connectivity index (χ4n) is 3.88. The molecule has 0 spiro atoms. The molecule has 1 aromatic carbocycles. The van der Waals surface area contributed by atoms with Gasteiger partial charge in [-0.05, 0) is 43.9 Å². The van der Waals surface area contributed by atoms with Crippen LogP contribution in [-0.2, 0) is 15.0 Å². The predicted octanol–water partition coefficient (Wildman–Crippen LogP) is 3.95. The standard InChI is InChI=1S/C22H27FN4O2/c1-3-29-16(2)17-14-24-21(25-15-17)26-22(7-4-8-22)18-5-6-19(23)20(13-18)27-9-11-28-12-10-27/h5-6,13-15H,2-4,7-12H2,1H3,(H,24,25,26). The number of nitrogens with zero attached hydrogens (tertiary/aromatic N) is 3. The molecule has 0 atom stereocenters. The molecule has 1 aliphatic heterocycles. The topological polar surface area (TPSA) is 59.5 Å². The van der Waals surface area contributed by atoms with Gasteiger partial charge in [0, 0.05) is 25.5 Å². The van der Waals surface area contributed by atoms with E-state index < -0.39 is 0 Å². The van der Waals surface area contributed by atoms with Crippen molar-refractivity contribution in [2.75, 3.05) is 43.1 Å². The largest absolute Gasteiger partial charge is 0.494 e. The minimum Gasteiger partial charge on any atom is -0.494 e. The molecule has 0 unspecified atom stereocenters. The van der Waals surface area contributed by atoms with Crippen LogP contribution in [0.4, 0.5) is 16.0 Å².